The number of ether oxygens (including phenoxy) is 1. The summed E-state index contributed by atoms with van der Waals surface area (Å²) in [6.07, 6.45) is -4.47. The fourth-order valence-corrected chi connectivity index (χ4v) is 3.44. The van der Waals surface area contributed by atoms with Crippen molar-refractivity contribution >= 4 is 27.7 Å². The van der Waals surface area contributed by atoms with Crippen LogP contribution < -0.4 is 10.3 Å². The van der Waals surface area contributed by atoms with Crippen LogP contribution in [0.25, 0.3) is 33.4 Å². The Morgan fingerprint density at radius 3 is 2.59 bits per heavy atom. The van der Waals surface area contributed by atoms with E-state index in [-0.39, 0.29) is 11.2 Å². The van der Waals surface area contributed by atoms with Crippen molar-refractivity contribution in [1.29, 1.82) is 0 Å². The SMILES string of the molecule is COc1ccc2oc(=Nc3cccc(C(F)(F)F)c3)c(-c3nc4ccccc4[nH]3)cc2c1. The van der Waals surface area contributed by atoms with Crippen LogP contribution in [-0.2, 0) is 6.18 Å². The number of hydrogen-bond acceptors (Lipinski definition) is 4. The zero-order valence-electron chi connectivity index (χ0n) is 16.8. The lowest BCUT2D eigenvalue weighted by atomic mass is 10.1. The van der Waals surface area contributed by atoms with Crippen molar-refractivity contribution in [3.8, 4) is 17.1 Å². The van der Waals surface area contributed by atoms with E-state index in [2.05, 4.69) is 15.0 Å². The molecule has 0 spiro atoms. The molecule has 0 aliphatic rings. The van der Waals surface area contributed by atoms with Crippen LogP contribution in [0.3, 0.4) is 0 Å². The number of aromatic amines is 1. The third kappa shape index (κ3) is 3.71. The van der Waals surface area contributed by atoms with E-state index in [0.717, 1.165) is 28.6 Å². The maximum Gasteiger partial charge on any atom is 0.416 e. The van der Waals surface area contributed by atoms with E-state index < -0.39 is 11.7 Å². The zero-order valence-corrected chi connectivity index (χ0v) is 16.8. The quantitative estimate of drug-likeness (QED) is 0.365. The number of H-pyrrole nitrogens is 1. The molecule has 0 amide bonds. The number of methoxy groups -OCH3 is 1. The molecule has 0 saturated heterocycles. The molecular formula is C24H16F3N3O2. The number of rotatable bonds is 3. The number of alkyl halides is 3. The molecule has 0 radical (unpaired) electrons. The van der Waals surface area contributed by atoms with Gasteiger partial charge >= 0.3 is 6.18 Å². The van der Waals surface area contributed by atoms with Crippen LogP contribution in [-0.4, -0.2) is 17.1 Å². The van der Waals surface area contributed by atoms with Crippen molar-refractivity contribution in [3.63, 3.8) is 0 Å². The van der Waals surface area contributed by atoms with Crippen molar-refractivity contribution in [1.82, 2.24) is 9.97 Å². The minimum Gasteiger partial charge on any atom is -0.497 e. The second-order valence-electron chi connectivity index (χ2n) is 7.13. The van der Waals surface area contributed by atoms with E-state index >= 15 is 0 Å². The smallest absolute Gasteiger partial charge is 0.416 e. The number of benzene rings is 3. The van der Waals surface area contributed by atoms with Crippen LogP contribution in [0.5, 0.6) is 5.75 Å². The lowest BCUT2D eigenvalue weighted by Gasteiger charge is -2.07. The third-order valence-electron chi connectivity index (χ3n) is 5.00. The summed E-state index contributed by atoms with van der Waals surface area (Å²) in [4.78, 5) is 12.2. The Balaban J connectivity index is 1.77. The van der Waals surface area contributed by atoms with E-state index in [1.54, 1.807) is 25.3 Å². The van der Waals surface area contributed by atoms with Gasteiger partial charge in [-0.3, -0.25) is 0 Å². The van der Waals surface area contributed by atoms with Gasteiger partial charge in [0.15, 0.2) is 0 Å². The number of aromatic nitrogens is 2. The van der Waals surface area contributed by atoms with Gasteiger partial charge in [0.1, 0.15) is 17.2 Å². The fraction of sp³-hybridized carbons (Fsp3) is 0.0833. The van der Waals surface area contributed by atoms with Crippen molar-refractivity contribution < 1.29 is 22.3 Å². The number of nitrogens with one attached hydrogen (secondary N) is 1. The Morgan fingerprint density at radius 2 is 1.81 bits per heavy atom. The molecule has 5 aromatic rings. The summed E-state index contributed by atoms with van der Waals surface area (Å²) in [6, 6.07) is 19.4. The van der Waals surface area contributed by atoms with Gasteiger partial charge in [0.05, 0.1) is 35.0 Å². The van der Waals surface area contributed by atoms with E-state index in [1.807, 2.05) is 30.3 Å². The predicted molar refractivity (Wildman–Crippen MR) is 115 cm³/mol. The first kappa shape index (κ1) is 19.9. The van der Waals surface area contributed by atoms with Gasteiger partial charge in [0.2, 0.25) is 5.55 Å². The summed E-state index contributed by atoms with van der Waals surface area (Å²) < 4.78 is 50.8. The molecule has 0 aliphatic heterocycles. The van der Waals surface area contributed by atoms with Gasteiger partial charge in [0.25, 0.3) is 0 Å². The average molecular weight is 435 g/mol. The molecular weight excluding hydrogens is 419 g/mol. The van der Waals surface area contributed by atoms with Gasteiger partial charge in [-0.15, -0.1) is 0 Å². The van der Waals surface area contributed by atoms with E-state index in [4.69, 9.17) is 9.15 Å². The van der Waals surface area contributed by atoms with Gasteiger partial charge in [-0.1, -0.05) is 18.2 Å². The van der Waals surface area contributed by atoms with Gasteiger partial charge in [0, 0.05) is 5.39 Å². The summed E-state index contributed by atoms with van der Waals surface area (Å²) in [5.74, 6) is 1.14. The molecule has 160 valence electrons. The minimum absolute atomic E-state index is 0.119. The van der Waals surface area contributed by atoms with Crippen molar-refractivity contribution in [3.05, 3.63) is 83.9 Å². The van der Waals surface area contributed by atoms with Crippen LogP contribution in [0.15, 0.2) is 82.2 Å². The summed E-state index contributed by atoms with van der Waals surface area (Å²) in [5, 5.41) is 0.739. The second kappa shape index (κ2) is 7.56. The number of halogens is 3. The minimum atomic E-state index is -4.47. The van der Waals surface area contributed by atoms with Crippen molar-refractivity contribution in [2.45, 2.75) is 6.18 Å². The Hall–Kier alpha value is -4.07. The number of imidazole rings is 1. The maximum absolute atomic E-state index is 13.2. The molecule has 5 nitrogen and oxygen atoms in total. The van der Waals surface area contributed by atoms with Crippen LogP contribution in [0, 0.1) is 0 Å². The Morgan fingerprint density at radius 1 is 0.969 bits per heavy atom. The highest BCUT2D eigenvalue weighted by molar-refractivity contribution is 5.84. The van der Waals surface area contributed by atoms with Crippen LogP contribution >= 0.6 is 0 Å². The molecule has 0 saturated carbocycles. The number of hydrogen-bond donors (Lipinski definition) is 1. The van der Waals surface area contributed by atoms with Crippen LogP contribution in [0.1, 0.15) is 5.56 Å². The molecule has 1 N–H and O–H groups in total. The molecule has 0 bridgehead atoms. The molecule has 0 aliphatic carbocycles. The molecule has 5 rings (SSSR count). The van der Waals surface area contributed by atoms with Crippen LogP contribution in [0.4, 0.5) is 18.9 Å². The molecule has 8 heteroatoms. The van der Waals surface area contributed by atoms with E-state index in [9.17, 15) is 13.2 Å². The Kier molecular flexibility index (Phi) is 4.70. The normalized spacial score (nSPS) is 12.6. The highest BCUT2D eigenvalue weighted by Crippen LogP contribution is 2.31. The van der Waals surface area contributed by atoms with Crippen molar-refractivity contribution in [2.24, 2.45) is 4.99 Å². The lowest BCUT2D eigenvalue weighted by molar-refractivity contribution is -0.137. The third-order valence-corrected chi connectivity index (χ3v) is 5.00. The van der Waals surface area contributed by atoms with Gasteiger partial charge in [-0.05, 0) is 54.6 Å². The average Bonchev–Trinajstić information content (AvgIpc) is 3.22. The molecule has 32 heavy (non-hydrogen) atoms. The molecule has 0 atom stereocenters. The summed E-state index contributed by atoms with van der Waals surface area (Å²) in [7, 11) is 1.57. The molecule has 0 unspecified atom stereocenters. The van der Waals surface area contributed by atoms with E-state index in [0.29, 0.717) is 22.7 Å². The monoisotopic (exact) mass is 435 g/mol. The highest BCUT2D eigenvalue weighted by Gasteiger charge is 2.30. The summed E-state index contributed by atoms with van der Waals surface area (Å²) in [5.41, 5.74) is 2.07. The van der Waals surface area contributed by atoms with Gasteiger partial charge < -0.3 is 14.1 Å². The number of nitrogens with zero attached hydrogens (tertiary/aromatic N) is 2. The highest BCUT2D eigenvalue weighted by atomic mass is 19.4. The molecule has 3 aromatic carbocycles. The zero-order chi connectivity index (χ0) is 22.3. The maximum atomic E-state index is 13.2. The predicted octanol–water partition coefficient (Wildman–Crippen LogP) is 6.24. The number of para-hydroxylation sites is 2. The molecule has 0 fully saturated rings. The standard InChI is InChI=1S/C24H16F3N3O2/c1-31-17-9-10-21-14(11-17)12-18(22-29-19-7-2-3-8-20(19)30-22)23(32-21)28-16-6-4-5-15(13-16)24(25,26)27/h2-13H,1H3,(H,29,30). The number of fused-ring (bicyclic) bond motifs is 2. The molecule has 2 aromatic heterocycles. The first-order chi connectivity index (χ1) is 15.4. The van der Waals surface area contributed by atoms with Crippen molar-refractivity contribution in [2.75, 3.05) is 7.11 Å². The lowest BCUT2D eigenvalue weighted by Crippen LogP contribution is -2.07. The van der Waals surface area contributed by atoms with Crippen LogP contribution in [0.2, 0.25) is 0 Å². The largest absolute Gasteiger partial charge is 0.497 e. The van der Waals surface area contributed by atoms with Gasteiger partial charge in [-0.2, -0.15) is 13.2 Å². The fourth-order valence-electron chi connectivity index (χ4n) is 3.44. The van der Waals surface area contributed by atoms with Gasteiger partial charge in [-0.25, -0.2) is 9.98 Å². The Bertz CT molecular complexity index is 1480. The first-order valence-corrected chi connectivity index (χ1v) is 9.70. The topological polar surface area (TPSA) is 63.4 Å². The van der Waals surface area contributed by atoms with E-state index in [1.165, 1.54) is 12.1 Å². The molecule has 2 heterocycles. The first-order valence-electron chi connectivity index (χ1n) is 9.70. The second-order valence-corrected chi connectivity index (χ2v) is 7.13. The Labute approximate surface area is 179 Å². The summed E-state index contributed by atoms with van der Waals surface area (Å²) >= 11 is 0. The summed E-state index contributed by atoms with van der Waals surface area (Å²) in [6.45, 7) is 0.